The molecule has 0 amide bonds. The molecule has 0 spiro atoms. The number of halogens is 1. The van der Waals surface area contributed by atoms with Crippen molar-refractivity contribution in [2.75, 3.05) is 5.33 Å². The molecule has 0 bridgehead atoms. The average molecular weight is 582 g/mol. The lowest BCUT2D eigenvalue weighted by Crippen LogP contribution is -2.43. The van der Waals surface area contributed by atoms with Crippen LogP contribution < -0.4 is 0 Å². The predicted molar refractivity (Wildman–Crippen MR) is 166 cm³/mol. The molecular formula is C30H53BrO2Si2. The fraction of sp³-hybridized carbons (Fsp3) is 0.667. The van der Waals surface area contributed by atoms with Gasteiger partial charge in [0.25, 0.3) is 0 Å². The van der Waals surface area contributed by atoms with Crippen LogP contribution in [0.3, 0.4) is 0 Å². The highest BCUT2D eigenvalue weighted by Gasteiger charge is 2.39. The summed E-state index contributed by atoms with van der Waals surface area (Å²) < 4.78 is 13.2. The van der Waals surface area contributed by atoms with Crippen LogP contribution >= 0.6 is 15.9 Å². The highest BCUT2D eigenvalue weighted by atomic mass is 79.9. The van der Waals surface area contributed by atoms with Crippen molar-refractivity contribution in [3.05, 3.63) is 48.6 Å². The summed E-state index contributed by atoms with van der Waals surface area (Å²) in [7, 11) is -3.70. The summed E-state index contributed by atoms with van der Waals surface area (Å²) in [4.78, 5) is 0. The molecule has 2 nitrogen and oxygen atoms in total. The SMILES string of the molecule is CC/C=C/C/C=C/C[C@@H](C#C/C=C/C=C/[C@@H](CCBr)O[Si](C)(C)C(C)(C)C)O[Si](C)(C)C(C)(C)C. The molecule has 0 rings (SSSR count). The summed E-state index contributed by atoms with van der Waals surface area (Å²) in [5, 5.41) is 1.29. The van der Waals surface area contributed by atoms with Crippen LogP contribution in [0.1, 0.15) is 74.1 Å². The van der Waals surface area contributed by atoms with Gasteiger partial charge < -0.3 is 8.85 Å². The summed E-state index contributed by atoms with van der Waals surface area (Å²) in [6.45, 7) is 25.0. The van der Waals surface area contributed by atoms with Crippen LogP contribution in [-0.4, -0.2) is 34.2 Å². The summed E-state index contributed by atoms with van der Waals surface area (Å²) in [6, 6.07) is 0. The summed E-state index contributed by atoms with van der Waals surface area (Å²) >= 11 is 3.57. The molecule has 0 saturated heterocycles. The van der Waals surface area contributed by atoms with Crippen molar-refractivity contribution in [3.8, 4) is 11.8 Å². The first-order chi connectivity index (χ1) is 16.1. The molecule has 0 aromatic rings. The van der Waals surface area contributed by atoms with E-state index in [-0.39, 0.29) is 22.3 Å². The van der Waals surface area contributed by atoms with Crippen molar-refractivity contribution in [1.29, 1.82) is 0 Å². The lowest BCUT2D eigenvalue weighted by Gasteiger charge is -2.38. The predicted octanol–water partition coefficient (Wildman–Crippen LogP) is 9.97. The highest BCUT2D eigenvalue weighted by molar-refractivity contribution is 9.09. The molecule has 5 heteroatoms. The number of alkyl halides is 1. The first-order valence-electron chi connectivity index (χ1n) is 13.1. The first kappa shape index (κ1) is 34.4. The minimum atomic E-state index is -1.89. The third-order valence-electron chi connectivity index (χ3n) is 6.94. The minimum absolute atomic E-state index is 0.0843. The molecule has 2 atom stereocenters. The monoisotopic (exact) mass is 580 g/mol. The van der Waals surface area contributed by atoms with Crippen molar-refractivity contribution < 1.29 is 8.85 Å². The fourth-order valence-electron chi connectivity index (χ4n) is 2.62. The Hall–Kier alpha value is -0.646. The molecule has 0 saturated carbocycles. The Morgan fingerprint density at radius 1 is 0.829 bits per heavy atom. The van der Waals surface area contributed by atoms with Gasteiger partial charge in [-0.15, -0.1) is 0 Å². The largest absolute Gasteiger partial charge is 0.411 e. The minimum Gasteiger partial charge on any atom is -0.411 e. The molecule has 0 aromatic heterocycles. The maximum atomic E-state index is 6.62. The Labute approximate surface area is 229 Å². The molecule has 0 unspecified atom stereocenters. The Morgan fingerprint density at radius 2 is 1.40 bits per heavy atom. The molecule has 0 radical (unpaired) electrons. The molecular weight excluding hydrogens is 528 g/mol. The summed E-state index contributed by atoms with van der Waals surface area (Å²) in [6.07, 6.45) is 20.8. The van der Waals surface area contributed by atoms with Gasteiger partial charge in [0.2, 0.25) is 0 Å². The van der Waals surface area contributed by atoms with Gasteiger partial charge in [-0.2, -0.15) is 0 Å². The van der Waals surface area contributed by atoms with E-state index in [4.69, 9.17) is 8.85 Å². The third-order valence-corrected chi connectivity index (χ3v) is 16.4. The van der Waals surface area contributed by atoms with Crippen LogP contribution in [0.4, 0.5) is 0 Å². The summed E-state index contributed by atoms with van der Waals surface area (Å²) in [5.74, 6) is 6.59. The number of rotatable bonds is 13. The maximum Gasteiger partial charge on any atom is 0.193 e. The molecule has 35 heavy (non-hydrogen) atoms. The van der Waals surface area contributed by atoms with Crippen molar-refractivity contribution >= 4 is 32.6 Å². The lowest BCUT2D eigenvalue weighted by molar-refractivity contribution is 0.222. The smallest absolute Gasteiger partial charge is 0.193 e. The number of hydrogen-bond donors (Lipinski definition) is 0. The van der Waals surface area contributed by atoms with E-state index in [0.717, 1.165) is 31.0 Å². The van der Waals surface area contributed by atoms with Gasteiger partial charge in [0.15, 0.2) is 16.6 Å². The Bertz CT molecular complexity index is 769. The molecule has 0 N–H and O–H groups in total. The topological polar surface area (TPSA) is 18.5 Å². The molecule has 200 valence electrons. The Morgan fingerprint density at radius 3 is 1.94 bits per heavy atom. The molecule has 0 aliphatic heterocycles. The molecule has 0 aliphatic carbocycles. The van der Waals surface area contributed by atoms with Crippen molar-refractivity contribution in [2.45, 2.75) is 123 Å². The van der Waals surface area contributed by atoms with E-state index in [2.05, 4.69) is 139 Å². The van der Waals surface area contributed by atoms with Gasteiger partial charge in [0, 0.05) is 11.8 Å². The molecule has 0 heterocycles. The van der Waals surface area contributed by atoms with Crippen LogP contribution in [0.2, 0.25) is 36.3 Å². The van der Waals surface area contributed by atoms with E-state index in [9.17, 15) is 0 Å². The van der Waals surface area contributed by atoms with E-state index in [1.54, 1.807) is 0 Å². The van der Waals surface area contributed by atoms with Crippen LogP contribution in [0.5, 0.6) is 0 Å². The van der Waals surface area contributed by atoms with Crippen molar-refractivity contribution in [3.63, 3.8) is 0 Å². The Balaban J connectivity index is 5.32. The highest BCUT2D eigenvalue weighted by Crippen LogP contribution is 2.38. The van der Waals surface area contributed by atoms with Gasteiger partial charge in [0.05, 0.1) is 6.10 Å². The molecule has 0 aromatic carbocycles. The van der Waals surface area contributed by atoms with E-state index < -0.39 is 16.6 Å². The zero-order valence-corrected chi connectivity index (χ0v) is 28.1. The van der Waals surface area contributed by atoms with Crippen LogP contribution in [-0.2, 0) is 8.85 Å². The lowest BCUT2D eigenvalue weighted by atomic mass is 10.2. The standard InChI is InChI=1S/C30H53BrO2Si2/c1-12-13-14-15-16-19-22-27(32-34(8,9)29(2,3)4)23-20-17-18-21-24-28(25-26-31)33-35(10,11)30(5,6)7/h13-14,16-19,21,24,27-28H,12,15,22,25-26H2,1-11H3/b14-13+,18-17+,19-16+,24-21+/t27-,28-/m0/s1. The van der Waals surface area contributed by atoms with Gasteiger partial charge in [0.1, 0.15) is 6.10 Å². The van der Waals surface area contributed by atoms with E-state index in [0.29, 0.717) is 0 Å². The maximum absolute atomic E-state index is 6.62. The zero-order valence-electron chi connectivity index (χ0n) is 24.5. The third kappa shape index (κ3) is 14.6. The quantitative estimate of drug-likeness (QED) is 0.0708. The normalized spacial score (nSPS) is 15.9. The van der Waals surface area contributed by atoms with Gasteiger partial charge >= 0.3 is 0 Å². The number of hydrogen-bond acceptors (Lipinski definition) is 2. The fourth-order valence-corrected chi connectivity index (χ4v) is 5.59. The zero-order chi connectivity index (χ0) is 27.2. The Kier molecular flexibility index (Phi) is 15.9. The second-order valence-electron chi connectivity index (χ2n) is 12.1. The average Bonchev–Trinajstić information content (AvgIpc) is 2.70. The van der Waals surface area contributed by atoms with Gasteiger partial charge in [-0.3, -0.25) is 0 Å². The van der Waals surface area contributed by atoms with Gasteiger partial charge in [-0.25, -0.2) is 0 Å². The molecule has 0 aliphatic rings. The van der Waals surface area contributed by atoms with Crippen molar-refractivity contribution in [2.24, 2.45) is 0 Å². The van der Waals surface area contributed by atoms with Crippen molar-refractivity contribution in [1.82, 2.24) is 0 Å². The number of allylic oxidation sites excluding steroid dienone is 6. The molecule has 0 fully saturated rings. The van der Waals surface area contributed by atoms with Crippen LogP contribution in [0, 0.1) is 11.8 Å². The van der Waals surface area contributed by atoms with E-state index in [1.165, 1.54) is 0 Å². The second kappa shape index (κ2) is 16.2. The second-order valence-corrected chi connectivity index (χ2v) is 22.4. The van der Waals surface area contributed by atoms with Gasteiger partial charge in [-0.1, -0.05) is 119 Å². The van der Waals surface area contributed by atoms with Crippen LogP contribution in [0.15, 0.2) is 48.6 Å². The van der Waals surface area contributed by atoms with E-state index >= 15 is 0 Å². The summed E-state index contributed by atoms with van der Waals surface area (Å²) in [5.41, 5.74) is 0. The van der Waals surface area contributed by atoms with Gasteiger partial charge in [-0.05, 0) is 61.6 Å². The first-order valence-corrected chi connectivity index (χ1v) is 20.1. The van der Waals surface area contributed by atoms with Crippen LogP contribution in [0.25, 0.3) is 0 Å². The van der Waals surface area contributed by atoms with E-state index in [1.807, 2.05) is 12.2 Å².